The highest BCUT2D eigenvalue weighted by Crippen LogP contribution is 2.42. The number of hydrogen-bond donors (Lipinski definition) is 0. The Bertz CT molecular complexity index is 1100. The quantitative estimate of drug-likeness (QED) is 0.474. The Morgan fingerprint density at radius 1 is 1.07 bits per heavy atom. The van der Waals surface area contributed by atoms with Gasteiger partial charge >= 0.3 is 0 Å². The van der Waals surface area contributed by atoms with Crippen LogP contribution in [0.3, 0.4) is 0 Å². The third kappa shape index (κ3) is 2.82. The smallest absolute Gasteiger partial charge is 0.119 e. The number of anilines is 1. The maximum atomic E-state index is 5.46. The molecule has 5 heteroatoms. The predicted octanol–water partition coefficient (Wildman–Crippen LogP) is 5.50. The van der Waals surface area contributed by atoms with Gasteiger partial charge < -0.3 is 9.64 Å². The number of ether oxygens (including phenoxy) is 1. The first-order valence-corrected chi connectivity index (χ1v) is 10.1. The molecule has 0 spiro atoms. The molecule has 1 atom stereocenters. The lowest BCUT2D eigenvalue weighted by atomic mass is 10.1. The first-order valence-electron chi connectivity index (χ1n) is 9.30. The maximum absolute atomic E-state index is 5.46. The van der Waals surface area contributed by atoms with E-state index in [1.54, 1.807) is 7.11 Å². The van der Waals surface area contributed by atoms with Crippen molar-refractivity contribution < 1.29 is 4.74 Å². The SMILES string of the molecule is COc1ccc2nc(C)cc(N3CCC[C@H]3c3nc4ccccc4s3)c2c1. The van der Waals surface area contributed by atoms with Crippen molar-refractivity contribution in [3.63, 3.8) is 0 Å². The van der Waals surface area contributed by atoms with Crippen molar-refractivity contribution in [2.45, 2.75) is 25.8 Å². The van der Waals surface area contributed by atoms with Gasteiger partial charge in [0.1, 0.15) is 10.8 Å². The van der Waals surface area contributed by atoms with Gasteiger partial charge in [-0.1, -0.05) is 12.1 Å². The summed E-state index contributed by atoms with van der Waals surface area (Å²) in [5, 5.41) is 2.35. The Hall–Kier alpha value is -2.66. The lowest BCUT2D eigenvalue weighted by Crippen LogP contribution is -2.23. The van der Waals surface area contributed by atoms with Crippen LogP contribution in [0, 0.1) is 6.92 Å². The van der Waals surface area contributed by atoms with Crippen LogP contribution in [0.4, 0.5) is 5.69 Å². The first-order chi connectivity index (χ1) is 13.2. The van der Waals surface area contributed by atoms with Gasteiger partial charge in [-0.2, -0.15) is 0 Å². The Kier molecular flexibility index (Phi) is 3.97. The van der Waals surface area contributed by atoms with Gasteiger partial charge in [-0.15, -0.1) is 11.3 Å². The van der Waals surface area contributed by atoms with Crippen molar-refractivity contribution in [2.75, 3.05) is 18.6 Å². The minimum absolute atomic E-state index is 0.318. The predicted molar refractivity (Wildman–Crippen MR) is 112 cm³/mol. The van der Waals surface area contributed by atoms with Gasteiger partial charge in [0.05, 0.1) is 28.9 Å². The van der Waals surface area contributed by atoms with E-state index in [1.165, 1.54) is 21.8 Å². The molecule has 1 fully saturated rings. The van der Waals surface area contributed by atoms with Gasteiger partial charge in [0.25, 0.3) is 0 Å². The van der Waals surface area contributed by atoms with E-state index in [-0.39, 0.29) is 0 Å². The summed E-state index contributed by atoms with van der Waals surface area (Å²) >= 11 is 1.82. The molecule has 1 aliphatic rings. The summed E-state index contributed by atoms with van der Waals surface area (Å²) in [6.07, 6.45) is 2.31. The molecule has 0 N–H and O–H groups in total. The number of nitrogens with zero attached hydrogens (tertiary/aromatic N) is 3. The van der Waals surface area contributed by atoms with E-state index in [0.29, 0.717) is 6.04 Å². The minimum Gasteiger partial charge on any atom is -0.497 e. The number of hydrogen-bond acceptors (Lipinski definition) is 5. The average Bonchev–Trinajstić information content (AvgIpc) is 3.33. The Morgan fingerprint density at radius 3 is 2.81 bits per heavy atom. The molecule has 1 aliphatic heterocycles. The van der Waals surface area contributed by atoms with E-state index in [0.717, 1.165) is 40.8 Å². The molecule has 4 aromatic rings. The first kappa shape index (κ1) is 16.5. The standard InChI is InChI=1S/C22H21N3OS/c1-14-12-20(16-13-15(26-2)9-10-17(16)23-14)25-11-5-7-19(25)22-24-18-6-3-4-8-21(18)27-22/h3-4,6,8-10,12-13,19H,5,7,11H2,1-2H3/t19-/m0/s1. The zero-order valence-corrected chi connectivity index (χ0v) is 16.3. The molecule has 3 heterocycles. The lowest BCUT2D eigenvalue weighted by Gasteiger charge is -2.27. The normalized spacial score (nSPS) is 17.1. The van der Waals surface area contributed by atoms with Crippen LogP contribution < -0.4 is 9.64 Å². The Morgan fingerprint density at radius 2 is 1.96 bits per heavy atom. The van der Waals surface area contributed by atoms with Gasteiger partial charge in [-0.3, -0.25) is 4.98 Å². The van der Waals surface area contributed by atoms with Gasteiger partial charge in [0.15, 0.2) is 0 Å². The zero-order chi connectivity index (χ0) is 18.4. The summed E-state index contributed by atoms with van der Waals surface area (Å²) in [5.74, 6) is 0.866. The number of para-hydroxylation sites is 1. The molecule has 0 radical (unpaired) electrons. The number of thiazole rings is 1. The third-order valence-corrected chi connectivity index (χ3v) is 6.42. The van der Waals surface area contributed by atoms with Gasteiger partial charge in [0.2, 0.25) is 0 Å². The summed E-state index contributed by atoms with van der Waals surface area (Å²) < 4.78 is 6.73. The molecule has 0 unspecified atom stereocenters. The molecule has 0 bridgehead atoms. The van der Waals surface area contributed by atoms with Crippen LogP contribution in [-0.4, -0.2) is 23.6 Å². The highest BCUT2D eigenvalue weighted by Gasteiger charge is 2.30. The summed E-state index contributed by atoms with van der Waals surface area (Å²) in [6, 6.07) is 17.1. The van der Waals surface area contributed by atoms with Gasteiger partial charge in [-0.25, -0.2) is 4.98 Å². The molecule has 136 valence electrons. The van der Waals surface area contributed by atoms with Crippen LogP contribution in [0.2, 0.25) is 0 Å². The number of benzene rings is 2. The lowest BCUT2D eigenvalue weighted by molar-refractivity contribution is 0.415. The topological polar surface area (TPSA) is 38.2 Å². The van der Waals surface area contributed by atoms with Crippen LogP contribution in [0.1, 0.15) is 29.6 Å². The van der Waals surface area contributed by atoms with E-state index in [2.05, 4.69) is 48.2 Å². The number of aryl methyl sites for hydroxylation is 1. The Labute approximate surface area is 162 Å². The Balaban J connectivity index is 1.64. The largest absolute Gasteiger partial charge is 0.497 e. The highest BCUT2D eigenvalue weighted by molar-refractivity contribution is 7.18. The van der Waals surface area contributed by atoms with Crippen molar-refractivity contribution in [2.24, 2.45) is 0 Å². The fourth-order valence-corrected chi connectivity index (χ4v) is 5.14. The summed E-state index contributed by atoms with van der Waals surface area (Å²) in [7, 11) is 1.71. The van der Waals surface area contributed by atoms with Crippen molar-refractivity contribution in [3.05, 3.63) is 59.2 Å². The summed E-state index contributed by atoms with van der Waals surface area (Å²) in [6.45, 7) is 3.10. The number of methoxy groups -OCH3 is 1. The molecule has 4 nitrogen and oxygen atoms in total. The molecule has 2 aromatic carbocycles. The van der Waals surface area contributed by atoms with Crippen molar-refractivity contribution in [3.8, 4) is 5.75 Å². The average molecular weight is 375 g/mol. The van der Waals surface area contributed by atoms with Crippen LogP contribution in [-0.2, 0) is 0 Å². The van der Waals surface area contributed by atoms with E-state index >= 15 is 0 Å². The molecule has 2 aromatic heterocycles. The molecular formula is C22H21N3OS. The number of aromatic nitrogens is 2. The molecule has 0 saturated carbocycles. The molecule has 0 amide bonds. The fourth-order valence-electron chi connectivity index (χ4n) is 4.02. The maximum Gasteiger partial charge on any atom is 0.119 e. The fraction of sp³-hybridized carbons (Fsp3) is 0.273. The van der Waals surface area contributed by atoms with Crippen LogP contribution >= 0.6 is 11.3 Å². The molecule has 5 rings (SSSR count). The van der Waals surface area contributed by atoms with Gasteiger partial charge in [0, 0.05) is 23.3 Å². The number of fused-ring (bicyclic) bond motifs is 2. The van der Waals surface area contributed by atoms with Gasteiger partial charge in [-0.05, 0) is 56.2 Å². The molecule has 27 heavy (non-hydrogen) atoms. The third-order valence-electron chi connectivity index (χ3n) is 5.28. The van der Waals surface area contributed by atoms with Crippen LogP contribution in [0.25, 0.3) is 21.1 Å². The molecule has 1 saturated heterocycles. The van der Waals surface area contributed by atoms with E-state index in [1.807, 2.05) is 23.5 Å². The van der Waals surface area contributed by atoms with Crippen molar-refractivity contribution >= 4 is 38.1 Å². The monoisotopic (exact) mass is 375 g/mol. The minimum atomic E-state index is 0.318. The number of pyridine rings is 1. The summed E-state index contributed by atoms with van der Waals surface area (Å²) in [4.78, 5) is 12.2. The second-order valence-electron chi connectivity index (χ2n) is 7.04. The van der Waals surface area contributed by atoms with E-state index in [4.69, 9.17) is 14.7 Å². The second kappa shape index (κ2) is 6.50. The highest BCUT2D eigenvalue weighted by atomic mass is 32.1. The van der Waals surface area contributed by atoms with E-state index in [9.17, 15) is 0 Å². The van der Waals surface area contributed by atoms with Crippen LogP contribution in [0.5, 0.6) is 5.75 Å². The number of rotatable bonds is 3. The second-order valence-corrected chi connectivity index (χ2v) is 8.10. The summed E-state index contributed by atoms with van der Waals surface area (Å²) in [5.41, 5.74) is 4.39. The zero-order valence-electron chi connectivity index (χ0n) is 15.5. The van der Waals surface area contributed by atoms with Crippen molar-refractivity contribution in [1.29, 1.82) is 0 Å². The molecule has 0 aliphatic carbocycles. The van der Waals surface area contributed by atoms with E-state index < -0.39 is 0 Å². The molecular weight excluding hydrogens is 354 g/mol. The van der Waals surface area contributed by atoms with Crippen molar-refractivity contribution in [1.82, 2.24) is 9.97 Å². The van der Waals surface area contributed by atoms with Crippen LogP contribution in [0.15, 0.2) is 48.5 Å².